The van der Waals surface area contributed by atoms with Crippen LogP contribution in [0.1, 0.15) is 31.2 Å². The van der Waals surface area contributed by atoms with Gasteiger partial charge in [0.05, 0.1) is 5.92 Å². The first kappa shape index (κ1) is 24.3. The fourth-order valence-electron chi connectivity index (χ4n) is 3.61. The number of nitrogens with zero attached hydrogens (tertiary/aromatic N) is 3. The maximum absolute atomic E-state index is 12.5. The monoisotopic (exact) mass is 433 g/mol. The first-order valence-electron chi connectivity index (χ1n) is 9.25. The Kier molecular flexibility index (Phi) is 9.78. The third-order valence-electron chi connectivity index (χ3n) is 5.34. The van der Waals surface area contributed by atoms with Crippen LogP contribution in [-0.4, -0.2) is 59.2 Å². The summed E-state index contributed by atoms with van der Waals surface area (Å²) in [5.41, 5.74) is 6.60. The number of anilines is 1. The number of urea groups is 1. The fourth-order valence-corrected chi connectivity index (χ4v) is 3.61. The van der Waals surface area contributed by atoms with Crippen LogP contribution in [0.2, 0.25) is 0 Å². The third kappa shape index (κ3) is 6.12. The van der Waals surface area contributed by atoms with Gasteiger partial charge in [0, 0.05) is 45.0 Å². The van der Waals surface area contributed by atoms with Gasteiger partial charge < -0.3 is 26.0 Å². The number of hydrogen-bond acceptors (Lipinski definition) is 5. The van der Waals surface area contributed by atoms with Crippen LogP contribution in [0.5, 0.6) is 0 Å². The molecule has 1 aromatic rings. The lowest BCUT2D eigenvalue weighted by Gasteiger charge is -2.36. The molecule has 3 rings (SSSR count). The molecule has 1 aliphatic carbocycles. The predicted molar refractivity (Wildman–Crippen MR) is 112 cm³/mol. The van der Waals surface area contributed by atoms with Crippen molar-refractivity contribution in [2.24, 2.45) is 11.7 Å². The van der Waals surface area contributed by atoms with Crippen molar-refractivity contribution in [2.75, 3.05) is 31.1 Å². The zero-order valence-corrected chi connectivity index (χ0v) is 17.4. The number of pyridine rings is 1. The Balaban J connectivity index is 0.00000196. The molecule has 8 nitrogen and oxygen atoms in total. The fraction of sp³-hybridized carbons (Fsp3) is 0.611. The normalized spacial score (nSPS) is 21.9. The summed E-state index contributed by atoms with van der Waals surface area (Å²) in [6.45, 7) is 3.27. The number of rotatable bonds is 4. The second kappa shape index (κ2) is 11.3. The van der Waals surface area contributed by atoms with Gasteiger partial charge in [0.25, 0.3) is 0 Å². The number of piperazine rings is 1. The maximum atomic E-state index is 12.5. The zero-order valence-electron chi connectivity index (χ0n) is 15.7. The molecule has 2 heterocycles. The van der Waals surface area contributed by atoms with Crippen LogP contribution >= 0.6 is 24.8 Å². The summed E-state index contributed by atoms with van der Waals surface area (Å²) in [5, 5.41) is 12.1. The highest BCUT2D eigenvalue weighted by Crippen LogP contribution is 2.24. The van der Waals surface area contributed by atoms with Crippen molar-refractivity contribution in [1.82, 2.24) is 15.2 Å². The molecule has 1 saturated carbocycles. The molecule has 0 radical (unpaired) electrons. The van der Waals surface area contributed by atoms with Gasteiger partial charge in [-0.1, -0.05) is 6.07 Å². The van der Waals surface area contributed by atoms with E-state index in [9.17, 15) is 9.59 Å². The molecule has 0 bridgehead atoms. The zero-order chi connectivity index (χ0) is 18.5. The van der Waals surface area contributed by atoms with Crippen molar-refractivity contribution in [3.63, 3.8) is 0 Å². The second-order valence-electron chi connectivity index (χ2n) is 7.04. The van der Waals surface area contributed by atoms with E-state index in [4.69, 9.17) is 10.8 Å². The summed E-state index contributed by atoms with van der Waals surface area (Å²) < 4.78 is 0. The summed E-state index contributed by atoms with van der Waals surface area (Å²) in [6.07, 6.45) is 4.54. The van der Waals surface area contributed by atoms with Crippen molar-refractivity contribution in [3.8, 4) is 0 Å². The van der Waals surface area contributed by atoms with Crippen LogP contribution in [0, 0.1) is 5.92 Å². The number of hydrogen-bond donors (Lipinski definition) is 3. The molecule has 0 aromatic carbocycles. The number of nitrogens with two attached hydrogens (primary N) is 1. The van der Waals surface area contributed by atoms with Crippen LogP contribution < -0.4 is 16.0 Å². The van der Waals surface area contributed by atoms with E-state index in [0.717, 1.165) is 37.3 Å². The molecule has 2 amide bonds. The van der Waals surface area contributed by atoms with Crippen LogP contribution in [0.15, 0.2) is 18.3 Å². The largest absolute Gasteiger partial charge is 0.481 e. The molecule has 1 aromatic heterocycles. The molecular formula is C18H29Cl2N5O3. The Morgan fingerprint density at radius 3 is 2.25 bits per heavy atom. The molecule has 158 valence electrons. The van der Waals surface area contributed by atoms with Crippen LogP contribution in [-0.2, 0) is 11.3 Å². The molecule has 10 heteroatoms. The van der Waals surface area contributed by atoms with Crippen molar-refractivity contribution >= 4 is 42.6 Å². The summed E-state index contributed by atoms with van der Waals surface area (Å²) in [4.78, 5) is 31.9. The predicted octanol–water partition coefficient (Wildman–Crippen LogP) is 1.86. The van der Waals surface area contributed by atoms with Gasteiger partial charge in [-0.15, -0.1) is 24.8 Å². The smallest absolute Gasteiger partial charge is 0.317 e. The number of carboxylic acids is 1. The molecule has 1 saturated heterocycles. The van der Waals surface area contributed by atoms with Crippen molar-refractivity contribution in [3.05, 3.63) is 23.9 Å². The Morgan fingerprint density at radius 1 is 1.11 bits per heavy atom. The van der Waals surface area contributed by atoms with Gasteiger partial charge in [-0.25, -0.2) is 9.78 Å². The van der Waals surface area contributed by atoms with Gasteiger partial charge in [0.2, 0.25) is 0 Å². The van der Waals surface area contributed by atoms with Gasteiger partial charge in [0.15, 0.2) is 0 Å². The standard InChI is InChI=1S/C18H27N5O3.2ClH/c19-11-13-1-6-16(20-12-13)22-7-9-23(10-8-22)18(26)21-15-4-2-14(3-5-15)17(24)25;;/h1,6,12,14-15H,2-5,7-11,19H2,(H,21,26)(H,24,25);2*1H/t14-,15-;;. The third-order valence-corrected chi connectivity index (χ3v) is 5.34. The number of aromatic nitrogens is 1. The average Bonchev–Trinajstić information content (AvgIpc) is 2.68. The van der Waals surface area contributed by atoms with E-state index >= 15 is 0 Å². The van der Waals surface area contributed by atoms with Gasteiger partial charge in [-0.2, -0.15) is 0 Å². The van der Waals surface area contributed by atoms with Crippen molar-refractivity contribution in [2.45, 2.75) is 38.3 Å². The number of nitrogens with one attached hydrogen (secondary N) is 1. The Hall–Kier alpha value is -1.77. The summed E-state index contributed by atoms with van der Waals surface area (Å²) >= 11 is 0. The average molecular weight is 434 g/mol. The lowest BCUT2D eigenvalue weighted by Crippen LogP contribution is -2.54. The minimum Gasteiger partial charge on any atom is -0.481 e. The molecular weight excluding hydrogens is 405 g/mol. The van der Waals surface area contributed by atoms with E-state index < -0.39 is 5.97 Å². The van der Waals surface area contributed by atoms with E-state index in [1.54, 1.807) is 6.20 Å². The van der Waals surface area contributed by atoms with Gasteiger partial charge >= 0.3 is 12.0 Å². The highest BCUT2D eigenvalue weighted by Gasteiger charge is 2.28. The van der Waals surface area contributed by atoms with Gasteiger partial charge in [-0.05, 0) is 37.3 Å². The summed E-state index contributed by atoms with van der Waals surface area (Å²) in [5.74, 6) is -0.0712. The summed E-state index contributed by atoms with van der Waals surface area (Å²) in [7, 11) is 0. The Bertz CT molecular complexity index is 631. The van der Waals surface area contributed by atoms with Crippen LogP contribution in [0.25, 0.3) is 0 Å². The Morgan fingerprint density at radius 2 is 1.75 bits per heavy atom. The number of carbonyl (C=O) groups is 2. The lowest BCUT2D eigenvalue weighted by molar-refractivity contribution is -0.142. The highest BCUT2D eigenvalue weighted by molar-refractivity contribution is 5.85. The number of aliphatic carboxylic acids is 1. The van der Waals surface area contributed by atoms with E-state index in [-0.39, 0.29) is 42.8 Å². The van der Waals surface area contributed by atoms with Crippen molar-refractivity contribution < 1.29 is 14.7 Å². The van der Waals surface area contributed by atoms with Crippen LogP contribution in [0.3, 0.4) is 0 Å². The first-order chi connectivity index (χ1) is 12.6. The summed E-state index contributed by atoms with van der Waals surface area (Å²) in [6, 6.07) is 3.99. The molecule has 2 fully saturated rings. The number of halogens is 2. The van der Waals surface area contributed by atoms with E-state index in [0.29, 0.717) is 32.5 Å². The molecule has 2 aliphatic rings. The number of amides is 2. The minimum atomic E-state index is -0.723. The molecule has 0 unspecified atom stereocenters. The number of carbonyl (C=O) groups excluding carboxylic acids is 1. The van der Waals surface area contributed by atoms with Crippen molar-refractivity contribution in [1.29, 1.82) is 0 Å². The quantitative estimate of drug-likeness (QED) is 0.667. The van der Waals surface area contributed by atoms with Gasteiger partial charge in [0.1, 0.15) is 5.82 Å². The second-order valence-corrected chi connectivity index (χ2v) is 7.04. The Labute approximate surface area is 177 Å². The minimum absolute atomic E-state index is 0. The van der Waals surface area contributed by atoms with Gasteiger partial charge in [-0.3, -0.25) is 4.79 Å². The number of carboxylic acid groups (broad SMARTS) is 1. The topological polar surface area (TPSA) is 112 Å². The maximum Gasteiger partial charge on any atom is 0.317 e. The lowest BCUT2D eigenvalue weighted by atomic mass is 9.86. The van der Waals surface area contributed by atoms with E-state index in [1.165, 1.54) is 0 Å². The van der Waals surface area contributed by atoms with Crippen LogP contribution in [0.4, 0.5) is 10.6 Å². The highest BCUT2D eigenvalue weighted by atomic mass is 35.5. The molecule has 0 atom stereocenters. The molecule has 0 spiro atoms. The first-order valence-corrected chi connectivity index (χ1v) is 9.25. The van der Waals surface area contributed by atoms with E-state index in [2.05, 4.69) is 15.2 Å². The molecule has 4 N–H and O–H groups in total. The molecule has 28 heavy (non-hydrogen) atoms. The molecule has 1 aliphatic heterocycles. The van der Waals surface area contributed by atoms with E-state index in [1.807, 2.05) is 17.0 Å². The SMILES string of the molecule is Cl.Cl.NCc1ccc(N2CCN(C(=O)N[C@H]3CC[C@H](C(=O)O)CC3)CC2)nc1.